The number of fused-ring (bicyclic) bond motifs is 5. The molecule has 0 bridgehead atoms. The second-order valence-corrected chi connectivity index (χ2v) is 10.8. The minimum absolute atomic E-state index is 0.945. The van der Waals surface area contributed by atoms with Crippen molar-refractivity contribution in [1.82, 2.24) is 14.1 Å². The lowest BCUT2D eigenvalue weighted by Crippen LogP contribution is -1.99. The molecule has 0 atom stereocenters. The van der Waals surface area contributed by atoms with Crippen molar-refractivity contribution in [2.24, 2.45) is 0 Å². The fraction of sp³-hybridized carbons (Fsp3) is 0.0263. The summed E-state index contributed by atoms with van der Waals surface area (Å²) in [6, 6.07) is 45.6. The van der Waals surface area contributed by atoms with Gasteiger partial charge in [0.15, 0.2) is 0 Å². The van der Waals surface area contributed by atoms with Gasteiger partial charge in [0.2, 0.25) is 0 Å². The SMILES string of the molecule is C1=Cc2cccc3cc4c(c(c23)C1)c1ccccc1n4-c1ccc(-c2nc3ccccc3n2-c2ccccc2)cc1. The van der Waals surface area contributed by atoms with Gasteiger partial charge in [0.05, 0.1) is 22.1 Å². The Hall–Kier alpha value is -5.41. The number of allylic oxidation sites excluding steroid dienone is 1. The van der Waals surface area contributed by atoms with Crippen LogP contribution in [0.3, 0.4) is 0 Å². The van der Waals surface area contributed by atoms with Crippen LogP contribution in [0.25, 0.3) is 72.5 Å². The summed E-state index contributed by atoms with van der Waals surface area (Å²) in [5.74, 6) is 0.945. The van der Waals surface area contributed by atoms with Gasteiger partial charge in [0, 0.05) is 27.7 Å². The first-order valence-corrected chi connectivity index (χ1v) is 14.1. The fourth-order valence-electron chi connectivity index (χ4n) is 6.79. The Balaban J connectivity index is 1.27. The normalized spacial score (nSPS) is 12.7. The van der Waals surface area contributed by atoms with E-state index < -0.39 is 0 Å². The molecule has 0 radical (unpaired) electrons. The van der Waals surface area contributed by atoms with Crippen molar-refractivity contribution < 1.29 is 0 Å². The molecule has 0 N–H and O–H groups in total. The van der Waals surface area contributed by atoms with Gasteiger partial charge >= 0.3 is 0 Å². The zero-order valence-corrected chi connectivity index (χ0v) is 22.3. The summed E-state index contributed by atoms with van der Waals surface area (Å²) in [5.41, 5.74) is 10.7. The van der Waals surface area contributed by atoms with Gasteiger partial charge in [-0.1, -0.05) is 78.9 Å². The van der Waals surface area contributed by atoms with Crippen molar-refractivity contribution in [2.45, 2.75) is 6.42 Å². The molecule has 0 saturated heterocycles. The molecule has 9 rings (SSSR count). The zero-order valence-electron chi connectivity index (χ0n) is 22.3. The molecular weight excluding hydrogens is 498 g/mol. The monoisotopic (exact) mass is 523 g/mol. The van der Waals surface area contributed by atoms with E-state index in [1.54, 1.807) is 0 Å². The summed E-state index contributed by atoms with van der Waals surface area (Å²) >= 11 is 0. The van der Waals surface area contributed by atoms with Gasteiger partial charge in [0.25, 0.3) is 0 Å². The Bertz CT molecular complexity index is 2320. The molecule has 3 heteroatoms. The molecule has 0 spiro atoms. The van der Waals surface area contributed by atoms with E-state index in [1.165, 1.54) is 43.7 Å². The number of rotatable bonds is 3. The Kier molecular flexibility index (Phi) is 4.67. The van der Waals surface area contributed by atoms with E-state index in [0.29, 0.717) is 0 Å². The van der Waals surface area contributed by atoms with Crippen LogP contribution in [0.5, 0.6) is 0 Å². The van der Waals surface area contributed by atoms with Gasteiger partial charge < -0.3 is 4.57 Å². The van der Waals surface area contributed by atoms with Crippen LogP contribution < -0.4 is 0 Å². The number of benzene rings is 6. The number of nitrogens with zero attached hydrogens (tertiary/aromatic N) is 3. The van der Waals surface area contributed by atoms with Gasteiger partial charge in [-0.05, 0) is 89.0 Å². The number of imidazole rings is 1. The minimum atomic E-state index is 0.945. The molecule has 3 nitrogen and oxygen atoms in total. The van der Waals surface area contributed by atoms with Crippen molar-refractivity contribution in [3.63, 3.8) is 0 Å². The Morgan fingerprint density at radius 3 is 2.20 bits per heavy atom. The van der Waals surface area contributed by atoms with E-state index >= 15 is 0 Å². The summed E-state index contributed by atoms with van der Waals surface area (Å²) in [5, 5.41) is 5.35. The minimum Gasteiger partial charge on any atom is -0.309 e. The van der Waals surface area contributed by atoms with Gasteiger partial charge in [-0.2, -0.15) is 0 Å². The Morgan fingerprint density at radius 1 is 0.561 bits per heavy atom. The van der Waals surface area contributed by atoms with E-state index in [0.717, 1.165) is 40.2 Å². The quantitative estimate of drug-likeness (QED) is 0.226. The highest BCUT2D eigenvalue weighted by molar-refractivity contribution is 6.17. The predicted molar refractivity (Wildman–Crippen MR) is 171 cm³/mol. The predicted octanol–water partition coefficient (Wildman–Crippen LogP) is 9.51. The van der Waals surface area contributed by atoms with Crippen molar-refractivity contribution in [1.29, 1.82) is 0 Å². The molecule has 1 aliphatic rings. The van der Waals surface area contributed by atoms with Crippen molar-refractivity contribution in [3.05, 3.63) is 145 Å². The number of hydrogen-bond acceptors (Lipinski definition) is 1. The van der Waals surface area contributed by atoms with Gasteiger partial charge in [-0.15, -0.1) is 0 Å². The maximum Gasteiger partial charge on any atom is 0.145 e. The summed E-state index contributed by atoms with van der Waals surface area (Å²) in [4.78, 5) is 5.07. The first-order valence-electron chi connectivity index (χ1n) is 14.1. The number of para-hydroxylation sites is 4. The van der Waals surface area contributed by atoms with Crippen molar-refractivity contribution in [2.75, 3.05) is 0 Å². The molecule has 2 heterocycles. The topological polar surface area (TPSA) is 22.8 Å². The van der Waals surface area contributed by atoms with Gasteiger partial charge in [-0.3, -0.25) is 4.57 Å². The van der Waals surface area contributed by atoms with Crippen LogP contribution in [0.1, 0.15) is 11.1 Å². The number of hydrogen-bond donors (Lipinski definition) is 0. The summed E-state index contributed by atoms with van der Waals surface area (Å²) < 4.78 is 4.68. The van der Waals surface area contributed by atoms with E-state index in [2.05, 4.69) is 149 Å². The molecule has 1 aliphatic carbocycles. The fourth-order valence-corrected chi connectivity index (χ4v) is 6.79. The molecule has 41 heavy (non-hydrogen) atoms. The molecule has 0 saturated carbocycles. The standard InChI is InChI=1S/C38H25N3/c1-2-13-28(14-3-1)41-34-19-7-5-17-32(34)39-38(41)26-20-22-29(23-21-26)40-33-18-6-4-15-30(33)37-31-16-9-11-25-10-8-12-27(36(25)31)24-35(37)40/h1-15,17-24H,16H2. The van der Waals surface area contributed by atoms with E-state index in [4.69, 9.17) is 4.98 Å². The van der Waals surface area contributed by atoms with Crippen LogP contribution in [0, 0.1) is 0 Å². The van der Waals surface area contributed by atoms with Crippen LogP contribution in [-0.2, 0) is 6.42 Å². The lowest BCUT2D eigenvalue weighted by Gasteiger charge is -2.16. The van der Waals surface area contributed by atoms with E-state index in [-0.39, 0.29) is 0 Å². The molecule has 0 fully saturated rings. The second-order valence-electron chi connectivity index (χ2n) is 10.8. The largest absolute Gasteiger partial charge is 0.309 e. The van der Waals surface area contributed by atoms with Crippen molar-refractivity contribution in [3.8, 4) is 22.8 Å². The van der Waals surface area contributed by atoms with E-state index in [9.17, 15) is 0 Å². The first kappa shape index (κ1) is 22.4. The highest BCUT2D eigenvalue weighted by Gasteiger charge is 2.20. The highest BCUT2D eigenvalue weighted by atomic mass is 15.1. The second kappa shape index (κ2) is 8.54. The molecule has 192 valence electrons. The molecule has 0 aliphatic heterocycles. The van der Waals surface area contributed by atoms with Crippen LogP contribution in [-0.4, -0.2) is 14.1 Å². The van der Waals surface area contributed by atoms with Gasteiger partial charge in [0.1, 0.15) is 5.82 Å². The lowest BCUT2D eigenvalue weighted by molar-refractivity contribution is 1.10. The zero-order chi connectivity index (χ0) is 26.9. The van der Waals surface area contributed by atoms with Crippen LogP contribution in [0.15, 0.2) is 133 Å². The maximum absolute atomic E-state index is 5.07. The average Bonchev–Trinajstić information content (AvgIpc) is 3.58. The summed E-state index contributed by atoms with van der Waals surface area (Å²) in [7, 11) is 0. The third kappa shape index (κ3) is 3.23. The highest BCUT2D eigenvalue weighted by Crippen LogP contribution is 2.41. The Labute approximate surface area is 237 Å². The summed E-state index contributed by atoms with van der Waals surface area (Å²) in [6.45, 7) is 0. The van der Waals surface area contributed by atoms with Crippen LogP contribution in [0.4, 0.5) is 0 Å². The molecule has 0 unspecified atom stereocenters. The average molecular weight is 524 g/mol. The van der Waals surface area contributed by atoms with Crippen molar-refractivity contribution >= 4 is 49.7 Å². The number of aromatic nitrogens is 3. The molecule has 0 amide bonds. The van der Waals surface area contributed by atoms with Crippen LogP contribution in [0.2, 0.25) is 0 Å². The molecule has 8 aromatic rings. The third-order valence-electron chi connectivity index (χ3n) is 8.51. The lowest BCUT2D eigenvalue weighted by atomic mass is 9.90. The van der Waals surface area contributed by atoms with Gasteiger partial charge in [-0.25, -0.2) is 4.98 Å². The smallest absolute Gasteiger partial charge is 0.145 e. The summed E-state index contributed by atoms with van der Waals surface area (Å²) in [6.07, 6.45) is 5.52. The third-order valence-corrected chi connectivity index (χ3v) is 8.51. The van der Waals surface area contributed by atoms with Crippen LogP contribution >= 0.6 is 0 Å². The molecular formula is C38H25N3. The molecule has 6 aromatic carbocycles. The van der Waals surface area contributed by atoms with E-state index in [1.807, 2.05) is 0 Å². The molecule has 2 aromatic heterocycles. The Morgan fingerprint density at radius 2 is 1.32 bits per heavy atom. The first-order chi connectivity index (χ1) is 20.3. The maximum atomic E-state index is 5.07.